The summed E-state index contributed by atoms with van der Waals surface area (Å²) in [6.45, 7) is 4.89. The highest BCUT2D eigenvalue weighted by molar-refractivity contribution is 5.37. The van der Waals surface area contributed by atoms with Crippen LogP contribution < -0.4 is 0 Å². The lowest BCUT2D eigenvalue weighted by atomic mass is 9.74. The van der Waals surface area contributed by atoms with Crippen LogP contribution in [0.15, 0.2) is 33.8 Å². The number of allylic oxidation sites excluding steroid dienone is 1. The third-order valence-electron chi connectivity index (χ3n) is 2.78. The number of hydrogen-bond acceptors (Lipinski definition) is 4. The van der Waals surface area contributed by atoms with E-state index in [0.29, 0.717) is 13.1 Å². The highest BCUT2D eigenvalue weighted by Gasteiger charge is 2.27. The largest absolute Gasteiger partial charge is 0.235 e. The number of aliphatic imine (C=N–C) groups is 2. The van der Waals surface area contributed by atoms with Crippen LogP contribution in [0.1, 0.15) is 13.8 Å². The fourth-order valence-corrected chi connectivity index (χ4v) is 1.63. The van der Waals surface area contributed by atoms with Crippen LogP contribution >= 0.6 is 0 Å². The van der Waals surface area contributed by atoms with Crippen LogP contribution in [0.25, 0.3) is 0 Å². The average molecular weight is 218 g/mol. The summed E-state index contributed by atoms with van der Waals surface area (Å²) in [5.41, 5.74) is 0.906. The van der Waals surface area contributed by atoms with Gasteiger partial charge in [-0.3, -0.25) is 0 Å². The van der Waals surface area contributed by atoms with Gasteiger partial charge in [-0.1, -0.05) is 32.1 Å². The summed E-state index contributed by atoms with van der Waals surface area (Å²) in [5.74, 6) is 0.135. The van der Waals surface area contributed by atoms with Gasteiger partial charge in [0.05, 0.1) is 13.1 Å². The Morgan fingerprint density at radius 1 is 1.31 bits per heavy atom. The third kappa shape index (κ3) is 3.13. The molecule has 16 heavy (non-hydrogen) atoms. The summed E-state index contributed by atoms with van der Waals surface area (Å²) in [6.07, 6.45) is 9.05. The van der Waals surface area contributed by atoms with Crippen molar-refractivity contribution in [3.8, 4) is 0 Å². The molecule has 0 aromatic rings. The standard InChI is InChI=1S/C12H14N2O2/c1-12(2)4-3-10(6-13-8-15)5-11(12)7-14-9-16/h3-5,11H,6-7H2,1-2H3. The Bertz CT molecular complexity index is 409. The molecule has 84 valence electrons. The zero-order valence-electron chi connectivity index (χ0n) is 9.43. The van der Waals surface area contributed by atoms with Crippen molar-refractivity contribution in [2.24, 2.45) is 21.3 Å². The lowest BCUT2D eigenvalue weighted by Gasteiger charge is -2.31. The van der Waals surface area contributed by atoms with E-state index in [0.717, 1.165) is 5.57 Å². The van der Waals surface area contributed by atoms with E-state index >= 15 is 0 Å². The maximum Gasteiger partial charge on any atom is 0.235 e. The first-order valence-corrected chi connectivity index (χ1v) is 5.07. The Labute approximate surface area is 94.5 Å². The topological polar surface area (TPSA) is 58.9 Å². The molecule has 0 bridgehead atoms. The molecule has 4 nitrogen and oxygen atoms in total. The highest BCUT2D eigenvalue weighted by atomic mass is 16.1. The predicted molar refractivity (Wildman–Crippen MR) is 60.5 cm³/mol. The predicted octanol–water partition coefficient (Wildman–Crippen LogP) is 1.80. The molecular weight excluding hydrogens is 204 g/mol. The number of isocyanates is 2. The maximum absolute atomic E-state index is 10.1. The molecule has 0 aliphatic heterocycles. The fourth-order valence-electron chi connectivity index (χ4n) is 1.63. The van der Waals surface area contributed by atoms with Gasteiger partial charge in [-0.05, 0) is 11.0 Å². The van der Waals surface area contributed by atoms with E-state index in [1.54, 1.807) is 6.08 Å². The first-order chi connectivity index (χ1) is 7.60. The van der Waals surface area contributed by atoms with E-state index in [9.17, 15) is 9.59 Å². The van der Waals surface area contributed by atoms with Gasteiger partial charge in [0.1, 0.15) is 0 Å². The summed E-state index contributed by atoms with van der Waals surface area (Å²) < 4.78 is 0. The maximum atomic E-state index is 10.1. The van der Waals surface area contributed by atoms with Crippen LogP contribution in [0.2, 0.25) is 0 Å². The van der Waals surface area contributed by atoms with E-state index in [2.05, 4.69) is 23.8 Å². The van der Waals surface area contributed by atoms with Crippen LogP contribution in [-0.2, 0) is 9.59 Å². The third-order valence-corrected chi connectivity index (χ3v) is 2.78. The smallest absolute Gasteiger partial charge is 0.211 e. The van der Waals surface area contributed by atoms with Gasteiger partial charge in [0.15, 0.2) is 0 Å². The van der Waals surface area contributed by atoms with Crippen LogP contribution in [-0.4, -0.2) is 25.2 Å². The lowest BCUT2D eigenvalue weighted by molar-refractivity contribution is 0.344. The molecule has 0 fully saturated rings. The first-order valence-electron chi connectivity index (χ1n) is 5.07. The van der Waals surface area contributed by atoms with Gasteiger partial charge in [-0.2, -0.15) is 0 Å². The lowest BCUT2D eigenvalue weighted by Crippen LogP contribution is -2.25. The minimum absolute atomic E-state index is 0.0469. The number of carbonyl (C=O) groups excluding carboxylic acids is 2. The first kappa shape index (κ1) is 12.3. The Kier molecular flexibility index (Phi) is 4.12. The van der Waals surface area contributed by atoms with E-state index in [1.807, 2.05) is 18.2 Å². The fraction of sp³-hybridized carbons (Fsp3) is 0.500. The molecular formula is C12H14N2O2. The van der Waals surface area contributed by atoms with Crippen LogP contribution in [0.4, 0.5) is 0 Å². The molecule has 0 N–H and O–H groups in total. The van der Waals surface area contributed by atoms with Crippen molar-refractivity contribution >= 4 is 12.2 Å². The highest BCUT2D eigenvalue weighted by Crippen LogP contribution is 2.34. The van der Waals surface area contributed by atoms with Gasteiger partial charge >= 0.3 is 0 Å². The SMILES string of the molecule is CC1(C)C=CC(CN=C=O)=CC1CN=C=O. The van der Waals surface area contributed by atoms with Gasteiger partial charge in [0.25, 0.3) is 0 Å². The minimum Gasteiger partial charge on any atom is -0.211 e. The molecule has 1 aliphatic rings. The van der Waals surface area contributed by atoms with E-state index in [-0.39, 0.29) is 11.3 Å². The van der Waals surface area contributed by atoms with Crippen molar-refractivity contribution in [2.75, 3.05) is 13.1 Å². The normalized spacial score (nSPS) is 21.6. The van der Waals surface area contributed by atoms with E-state index in [4.69, 9.17) is 0 Å². The van der Waals surface area contributed by atoms with Crippen molar-refractivity contribution in [3.05, 3.63) is 23.8 Å². The summed E-state index contributed by atoms with van der Waals surface area (Å²) in [5, 5.41) is 0. The van der Waals surface area contributed by atoms with Crippen molar-refractivity contribution in [3.63, 3.8) is 0 Å². The molecule has 0 aromatic heterocycles. The molecule has 0 saturated heterocycles. The number of rotatable bonds is 4. The molecule has 1 atom stereocenters. The summed E-state index contributed by atoms with van der Waals surface area (Å²) >= 11 is 0. The van der Waals surface area contributed by atoms with Crippen molar-refractivity contribution < 1.29 is 9.59 Å². The summed E-state index contributed by atoms with van der Waals surface area (Å²) in [7, 11) is 0. The van der Waals surface area contributed by atoms with Gasteiger partial charge in [0, 0.05) is 5.92 Å². The quantitative estimate of drug-likeness (QED) is 0.533. The van der Waals surface area contributed by atoms with Crippen molar-refractivity contribution in [2.45, 2.75) is 13.8 Å². The Hall–Kier alpha value is -1.76. The Morgan fingerprint density at radius 3 is 2.62 bits per heavy atom. The molecule has 0 radical (unpaired) electrons. The zero-order valence-corrected chi connectivity index (χ0v) is 9.43. The van der Waals surface area contributed by atoms with Crippen LogP contribution in [0.3, 0.4) is 0 Å². The number of hydrogen-bond donors (Lipinski definition) is 0. The van der Waals surface area contributed by atoms with Crippen molar-refractivity contribution in [1.29, 1.82) is 0 Å². The van der Waals surface area contributed by atoms with Gasteiger partial charge in [-0.25, -0.2) is 19.6 Å². The number of nitrogens with zero attached hydrogens (tertiary/aromatic N) is 2. The second kappa shape index (κ2) is 5.36. The molecule has 0 aromatic carbocycles. The van der Waals surface area contributed by atoms with E-state index < -0.39 is 0 Å². The van der Waals surface area contributed by atoms with E-state index in [1.165, 1.54) is 6.08 Å². The van der Waals surface area contributed by atoms with Crippen LogP contribution in [0, 0.1) is 11.3 Å². The second-order valence-electron chi connectivity index (χ2n) is 4.34. The Balaban J connectivity index is 2.84. The Morgan fingerprint density at radius 2 is 2.00 bits per heavy atom. The zero-order chi connectivity index (χ0) is 12.0. The molecule has 0 heterocycles. The average Bonchev–Trinajstić information content (AvgIpc) is 2.26. The summed E-state index contributed by atoms with van der Waals surface area (Å²) in [4.78, 5) is 27.3. The van der Waals surface area contributed by atoms with Crippen LogP contribution in [0.5, 0.6) is 0 Å². The van der Waals surface area contributed by atoms with Gasteiger partial charge in [0.2, 0.25) is 12.2 Å². The van der Waals surface area contributed by atoms with Crippen molar-refractivity contribution in [1.82, 2.24) is 0 Å². The molecule has 1 unspecified atom stereocenters. The molecule has 1 rings (SSSR count). The second-order valence-corrected chi connectivity index (χ2v) is 4.34. The minimum atomic E-state index is -0.0469. The monoisotopic (exact) mass is 218 g/mol. The molecule has 0 amide bonds. The molecule has 0 saturated carbocycles. The molecule has 4 heteroatoms. The molecule has 1 aliphatic carbocycles. The summed E-state index contributed by atoms with van der Waals surface area (Å²) in [6, 6.07) is 0. The molecule has 0 spiro atoms. The van der Waals surface area contributed by atoms with Gasteiger partial charge < -0.3 is 0 Å². The van der Waals surface area contributed by atoms with Gasteiger partial charge in [-0.15, -0.1) is 0 Å².